The number of alkyl halides is 2. The molecule has 0 radical (unpaired) electrons. The van der Waals surface area contributed by atoms with Crippen LogP contribution in [0.15, 0.2) is 29.2 Å². The highest BCUT2D eigenvalue weighted by molar-refractivity contribution is 6.00. The molecular formula is C36H50F2N8O5. The van der Waals surface area contributed by atoms with E-state index in [2.05, 4.69) is 32.6 Å². The monoisotopic (exact) mass is 712 g/mol. The number of carbonyl (C=O) groups is 3. The lowest BCUT2D eigenvalue weighted by atomic mass is 9.85. The van der Waals surface area contributed by atoms with Crippen LogP contribution in [0.2, 0.25) is 0 Å². The fourth-order valence-corrected chi connectivity index (χ4v) is 8.05. The van der Waals surface area contributed by atoms with E-state index in [4.69, 9.17) is 4.74 Å². The van der Waals surface area contributed by atoms with Gasteiger partial charge in [0.25, 0.3) is 6.43 Å². The molecule has 3 fully saturated rings. The predicted molar refractivity (Wildman–Crippen MR) is 188 cm³/mol. The van der Waals surface area contributed by atoms with Gasteiger partial charge < -0.3 is 9.64 Å². The Morgan fingerprint density at radius 2 is 1.78 bits per heavy atom. The minimum Gasteiger partial charge on any atom is -0.444 e. The summed E-state index contributed by atoms with van der Waals surface area (Å²) >= 11 is 0. The Labute approximate surface area is 296 Å². The lowest BCUT2D eigenvalue weighted by molar-refractivity contribution is -0.135. The number of halogens is 2. The van der Waals surface area contributed by atoms with Crippen molar-refractivity contribution < 1.29 is 27.9 Å². The number of imide groups is 1. The van der Waals surface area contributed by atoms with Crippen LogP contribution in [-0.2, 0) is 27.9 Å². The fraction of sp³-hybridized carbons (Fsp3) is 0.639. The first-order valence-electron chi connectivity index (χ1n) is 18.0. The zero-order chi connectivity index (χ0) is 36.6. The number of aromatic nitrogens is 4. The normalized spacial score (nSPS) is 22.6. The first kappa shape index (κ1) is 36.7. The molecule has 2 N–H and O–H groups in total. The first-order chi connectivity index (χ1) is 24.2. The van der Waals surface area contributed by atoms with Crippen molar-refractivity contribution in [3.8, 4) is 0 Å². The summed E-state index contributed by atoms with van der Waals surface area (Å²) in [6, 6.07) is 5.58. The quantitative estimate of drug-likeness (QED) is 0.292. The molecule has 1 unspecified atom stereocenters. The van der Waals surface area contributed by atoms with Crippen molar-refractivity contribution in [1.82, 2.24) is 34.0 Å². The number of ether oxygens (including phenoxy) is 1. The molecule has 1 aliphatic carbocycles. The van der Waals surface area contributed by atoms with E-state index in [1.165, 1.54) is 10.8 Å². The number of hydrogen-bond acceptors (Lipinski definition) is 8. The Morgan fingerprint density at radius 1 is 1.08 bits per heavy atom. The molecule has 3 amide bonds. The number of anilines is 1. The summed E-state index contributed by atoms with van der Waals surface area (Å²) < 4.78 is 37.5. The molecule has 15 heteroatoms. The number of nitrogens with zero attached hydrogens (tertiary/aromatic N) is 6. The number of carbonyl (C=O) groups excluding carboxylic acids is 3. The van der Waals surface area contributed by atoms with Crippen LogP contribution in [0, 0.1) is 5.92 Å². The number of hydrogen-bond donors (Lipinski definition) is 2. The van der Waals surface area contributed by atoms with Crippen LogP contribution < -0.4 is 16.3 Å². The SMILES string of the molecule is CN(C[C@H]1CC[C@H](n2cc(NC(=O)OC(C)(C)C)c(C(F)F)n2)CC1)C1CCN(Cc2cccc3c2n(C)c(=O)n3C2CCC(=O)NC2=O)CC1. The molecular weight excluding hydrogens is 662 g/mol. The molecule has 4 heterocycles. The van der Waals surface area contributed by atoms with E-state index in [0.717, 1.165) is 69.2 Å². The first-order valence-corrected chi connectivity index (χ1v) is 18.0. The summed E-state index contributed by atoms with van der Waals surface area (Å²) in [5, 5.41) is 8.99. The molecule has 3 aliphatic rings. The van der Waals surface area contributed by atoms with Crippen LogP contribution in [0.4, 0.5) is 19.3 Å². The largest absolute Gasteiger partial charge is 0.444 e. The molecule has 13 nitrogen and oxygen atoms in total. The van der Waals surface area contributed by atoms with Crippen LogP contribution >= 0.6 is 0 Å². The number of rotatable bonds is 9. The third-order valence-corrected chi connectivity index (χ3v) is 10.6. The van der Waals surface area contributed by atoms with E-state index in [-0.39, 0.29) is 29.7 Å². The second-order valence-corrected chi connectivity index (χ2v) is 15.4. The Morgan fingerprint density at radius 3 is 2.43 bits per heavy atom. The second-order valence-electron chi connectivity index (χ2n) is 15.4. The summed E-state index contributed by atoms with van der Waals surface area (Å²) in [6.45, 7) is 8.65. The fourth-order valence-electron chi connectivity index (χ4n) is 8.05. The van der Waals surface area contributed by atoms with E-state index < -0.39 is 35.8 Å². The third kappa shape index (κ3) is 8.19. The van der Waals surface area contributed by atoms with E-state index in [9.17, 15) is 28.0 Å². The van der Waals surface area contributed by atoms with Gasteiger partial charge in [0.05, 0.1) is 22.8 Å². The number of fused-ring (bicyclic) bond motifs is 1. The summed E-state index contributed by atoms with van der Waals surface area (Å²) in [5.74, 6) is -0.244. The van der Waals surface area contributed by atoms with Gasteiger partial charge in [-0.15, -0.1) is 0 Å². The van der Waals surface area contributed by atoms with E-state index >= 15 is 0 Å². The summed E-state index contributed by atoms with van der Waals surface area (Å²) in [4.78, 5) is 54.8. The average molecular weight is 713 g/mol. The van der Waals surface area contributed by atoms with Gasteiger partial charge in [0, 0.05) is 38.8 Å². The van der Waals surface area contributed by atoms with Crippen molar-refractivity contribution in [1.29, 1.82) is 0 Å². The summed E-state index contributed by atoms with van der Waals surface area (Å²) in [6.07, 6.45) is 4.04. The highest BCUT2D eigenvalue weighted by atomic mass is 19.3. The topological polar surface area (TPSA) is 136 Å². The second kappa shape index (κ2) is 14.9. The van der Waals surface area contributed by atoms with E-state index in [1.54, 1.807) is 37.1 Å². The summed E-state index contributed by atoms with van der Waals surface area (Å²) in [5.41, 5.74) is 1.09. The van der Waals surface area contributed by atoms with E-state index in [1.807, 2.05) is 18.2 Å². The number of imidazole rings is 1. The molecule has 2 aromatic heterocycles. The van der Waals surface area contributed by atoms with Crippen molar-refractivity contribution >= 4 is 34.6 Å². The van der Waals surface area contributed by atoms with Gasteiger partial charge in [0.2, 0.25) is 11.8 Å². The number of para-hydroxylation sites is 1. The molecule has 0 spiro atoms. The zero-order valence-corrected chi connectivity index (χ0v) is 30.2. The van der Waals surface area contributed by atoms with Crippen LogP contribution in [0.1, 0.15) is 102 Å². The molecule has 2 aliphatic heterocycles. The van der Waals surface area contributed by atoms with Gasteiger partial charge in [-0.2, -0.15) is 5.10 Å². The summed E-state index contributed by atoms with van der Waals surface area (Å²) in [7, 11) is 3.93. The maximum atomic E-state index is 13.8. The predicted octanol–water partition coefficient (Wildman–Crippen LogP) is 5.13. The minimum absolute atomic E-state index is 0.00800. The van der Waals surface area contributed by atoms with Gasteiger partial charge in [-0.05, 0) is 103 Å². The van der Waals surface area contributed by atoms with Crippen molar-refractivity contribution in [3.05, 3.63) is 46.1 Å². The highest BCUT2D eigenvalue weighted by Gasteiger charge is 2.33. The maximum Gasteiger partial charge on any atom is 0.412 e. The van der Waals surface area contributed by atoms with E-state index in [0.29, 0.717) is 30.4 Å². The number of likely N-dealkylation sites (tertiary alicyclic amines) is 1. The van der Waals surface area contributed by atoms with Gasteiger partial charge in [0.15, 0.2) is 5.69 Å². The molecule has 3 aromatic rings. The molecule has 2 saturated heterocycles. The van der Waals surface area contributed by atoms with Gasteiger partial charge in [-0.25, -0.2) is 18.4 Å². The van der Waals surface area contributed by atoms with Crippen LogP contribution in [0.5, 0.6) is 0 Å². The van der Waals surface area contributed by atoms with Crippen LogP contribution in [0.3, 0.4) is 0 Å². The molecule has 6 rings (SSSR count). The van der Waals surface area contributed by atoms with Crippen molar-refractivity contribution in [2.45, 2.75) is 109 Å². The molecule has 51 heavy (non-hydrogen) atoms. The molecule has 1 aromatic carbocycles. The van der Waals surface area contributed by atoms with Gasteiger partial charge in [-0.1, -0.05) is 12.1 Å². The molecule has 0 bridgehead atoms. The zero-order valence-electron chi connectivity index (χ0n) is 30.2. The molecule has 278 valence electrons. The number of nitrogens with one attached hydrogen (secondary N) is 2. The maximum absolute atomic E-state index is 13.8. The van der Waals surface area contributed by atoms with Crippen molar-refractivity contribution in [2.75, 3.05) is 32.0 Å². The Balaban J connectivity index is 1.01. The number of amides is 3. The van der Waals surface area contributed by atoms with Crippen LogP contribution in [-0.4, -0.2) is 84.9 Å². The van der Waals surface area contributed by atoms with Crippen LogP contribution in [0.25, 0.3) is 11.0 Å². The number of benzene rings is 1. The van der Waals surface area contributed by atoms with Gasteiger partial charge in [0.1, 0.15) is 11.6 Å². The standard InChI is InChI=1S/C36H50F2N8O5/c1-36(2,3)51-34(49)39-26-21-45(41-30(26)32(37)38)25-11-9-22(10-12-25)19-42(4)24-15-17-44(18-16-24)20-23-7-6-8-27-31(23)43(5)35(50)46(27)28-13-14-29(47)40-33(28)48/h6-8,21-22,24-25,28,32H,9-20H2,1-5H3,(H,39,49)(H,40,47,48)/t22-,25-,28?. The van der Waals surface area contributed by atoms with Gasteiger partial charge >= 0.3 is 11.8 Å². The van der Waals surface area contributed by atoms with Gasteiger partial charge in [-0.3, -0.25) is 38.9 Å². The Kier molecular flexibility index (Phi) is 10.7. The van der Waals surface area contributed by atoms with Crippen molar-refractivity contribution in [2.24, 2.45) is 13.0 Å². The third-order valence-electron chi connectivity index (χ3n) is 10.6. The lowest BCUT2D eigenvalue weighted by Gasteiger charge is -2.39. The Bertz CT molecular complexity index is 1810. The lowest BCUT2D eigenvalue weighted by Crippen LogP contribution is -2.44. The molecule has 1 atom stereocenters. The highest BCUT2D eigenvalue weighted by Crippen LogP contribution is 2.36. The molecule has 1 saturated carbocycles. The average Bonchev–Trinajstić information content (AvgIpc) is 3.59. The van der Waals surface area contributed by atoms with Crippen molar-refractivity contribution in [3.63, 3.8) is 0 Å². The minimum atomic E-state index is -2.82. The smallest absolute Gasteiger partial charge is 0.412 e. The Hall–Kier alpha value is -4.11. The number of piperidine rings is 2. The number of aryl methyl sites for hydroxylation is 1.